The second kappa shape index (κ2) is 9.67. The molecule has 2 aromatic carbocycles. The number of carbonyl (C=O) groups is 1. The summed E-state index contributed by atoms with van der Waals surface area (Å²) in [6, 6.07) is 12.2. The number of nitrogens with one attached hydrogen (secondary N) is 1. The maximum atomic E-state index is 12.4. The Labute approximate surface area is 183 Å². The van der Waals surface area contributed by atoms with Gasteiger partial charge in [0.2, 0.25) is 10.0 Å². The predicted molar refractivity (Wildman–Crippen MR) is 123 cm³/mol. The van der Waals surface area contributed by atoms with E-state index < -0.39 is 10.0 Å². The number of nitrogens with zero attached hydrogens (tertiary/aromatic N) is 1. The van der Waals surface area contributed by atoms with Gasteiger partial charge in [-0.2, -0.15) is 0 Å². The number of anilines is 1. The number of hydrogen-bond acceptors (Lipinski definition) is 3. The highest BCUT2D eigenvalue weighted by molar-refractivity contribution is 7.92. The van der Waals surface area contributed by atoms with Crippen LogP contribution in [0, 0.1) is 6.92 Å². The number of carbonyl (C=O) groups excluding carboxylic acids is 1. The van der Waals surface area contributed by atoms with Gasteiger partial charge < -0.3 is 5.32 Å². The highest BCUT2D eigenvalue weighted by atomic mass is 35.5. The fourth-order valence-electron chi connectivity index (χ4n) is 3.54. The van der Waals surface area contributed by atoms with Gasteiger partial charge in [0.25, 0.3) is 5.91 Å². The molecule has 3 rings (SSSR count). The quantitative estimate of drug-likeness (QED) is 0.618. The van der Waals surface area contributed by atoms with Crippen LogP contribution in [0.5, 0.6) is 0 Å². The lowest BCUT2D eigenvalue weighted by atomic mass is 9.99. The average molecular weight is 447 g/mol. The summed E-state index contributed by atoms with van der Waals surface area (Å²) in [5.41, 5.74) is 3.88. The van der Waals surface area contributed by atoms with Crippen LogP contribution in [0.4, 0.5) is 5.69 Å². The van der Waals surface area contributed by atoms with Crippen LogP contribution in [0.1, 0.15) is 47.2 Å². The molecule has 0 heterocycles. The monoisotopic (exact) mass is 446 g/mol. The highest BCUT2D eigenvalue weighted by Crippen LogP contribution is 2.29. The van der Waals surface area contributed by atoms with E-state index in [1.165, 1.54) is 29.0 Å². The summed E-state index contributed by atoms with van der Waals surface area (Å²) in [7, 11) is -3.51. The lowest BCUT2D eigenvalue weighted by Gasteiger charge is -2.24. The van der Waals surface area contributed by atoms with Crippen LogP contribution in [0.2, 0.25) is 5.02 Å². The Bertz CT molecular complexity index is 1050. The minimum atomic E-state index is -3.51. The third-order valence-electron chi connectivity index (χ3n) is 5.31. The zero-order valence-electron chi connectivity index (χ0n) is 17.3. The number of hydrogen-bond donors (Lipinski definition) is 1. The first-order chi connectivity index (χ1) is 14.3. The molecular formula is C23H27ClN2O3S. The summed E-state index contributed by atoms with van der Waals surface area (Å²) in [6.07, 6.45) is 7.92. The second-order valence-corrected chi connectivity index (χ2v) is 9.96. The Balaban J connectivity index is 1.72. The van der Waals surface area contributed by atoms with Crippen LogP contribution in [0.3, 0.4) is 0 Å². The van der Waals surface area contributed by atoms with Crippen molar-refractivity contribution in [2.75, 3.05) is 17.1 Å². The number of sulfonamides is 1. The second-order valence-electron chi connectivity index (χ2n) is 7.64. The Morgan fingerprint density at radius 2 is 1.87 bits per heavy atom. The molecule has 1 N–H and O–H groups in total. The molecule has 0 saturated heterocycles. The highest BCUT2D eigenvalue weighted by Gasteiger charge is 2.21. The van der Waals surface area contributed by atoms with E-state index in [2.05, 4.69) is 11.4 Å². The minimum Gasteiger partial charge on any atom is -0.348 e. The van der Waals surface area contributed by atoms with Crippen molar-refractivity contribution in [3.05, 3.63) is 75.8 Å². The first-order valence-corrected chi connectivity index (χ1v) is 12.3. The largest absolute Gasteiger partial charge is 0.348 e. The van der Waals surface area contributed by atoms with Crippen molar-refractivity contribution in [1.82, 2.24) is 5.32 Å². The van der Waals surface area contributed by atoms with Gasteiger partial charge in [0.1, 0.15) is 0 Å². The van der Waals surface area contributed by atoms with Crippen molar-refractivity contribution in [2.45, 2.75) is 39.2 Å². The maximum Gasteiger partial charge on any atom is 0.251 e. The van der Waals surface area contributed by atoms with E-state index in [9.17, 15) is 13.2 Å². The number of allylic oxidation sites excluding steroid dienone is 1. The van der Waals surface area contributed by atoms with Crippen molar-refractivity contribution in [3.63, 3.8) is 0 Å². The number of amides is 1. The van der Waals surface area contributed by atoms with Gasteiger partial charge in [-0.15, -0.1) is 0 Å². The van der Waals surface area contributed by atoms with Crippen molar-refractivity contribution in [2.24, 2.45) is 0 Å². The van der Waals surface area contributed by atoms with Crippen LogP contribution >= 0.6 is 11.6 Å². The Kier molecular flexibility index (Phi) is 7.21. The van der Waals surface area contributed by atoms with Crippen LogP contribution < -0.4 is 9.62 Å². The molecule has 0 saturated carbocycles. The van der Waals surface area contributed by atoms with Gasteiger partial charge in [0, 0.05) is 17.1 Å². The molecular weight excluding hydrogens is 420 g/mol. The van der Waals surface area contributed by atoms with E-state index in [-0.39, 0.29) is 12.5 Å². The van der Waals surface area contributed by atoms with E-state index in [1.807, 2.05) is 0 Å². The molecule has 0 fully saturated rings. The maximum absolute atomic E-state index is 12.4. The Hall–Kier alpha value is -2.31. The molecule has 0 unspecified atom stereocenters. The average Bonchev–Trinajstić information content (AvgIpc) is 2.73. The van der Waals surface area contributed by atoms with Crippen LogP contribution in [0.15, 0.2) is 54.1 Å². The van der Waals surface area contributed by atoms with E-state index in [0.717, 1.165) is 18.4 Å². The zero-order valence-corrected chi connectivity index (χ0v) is 18.9. The van der Waals surface area contributed by atoms with Gasteiger partial charge in [-0.1, -0.05) is 41.4 Å². The molecule has 0 aromatic heterocycles. The Morgan fingerprint density at radius 3 is 2.50 bits per heavy atom. The molecule has 2 aromatic rings. The van der Waals surface area contributed by atoms with Gasteiger partial charge in [0.05, 0.1) is 18.5 Å². The molecule has 1 aliphatic rings. The summed E-state index contributed by atoms with van der Waals surface area (Å²) in [5.74, 6) is -0.126. The molecule has 30 heavy (non-hydrogen) atoms. The topological polar surface area (TPSA) is 66.5 Å². The van der Waals surface area contributed by atoms with Crippen LogP contribution in [0.25, 0.3) is 0 Å². The van der Waals surface area contributed by atoms with E-state index >= 15 is 0 Å². The van der Waals surface area contributed by atoms with Crippen LogP contribution in [-0.4, -0.2) is 27.1 Å². The molecule has 1 aliphatic carbocycles. The molecule has 0 bridgehead atoms. The van der Waals surface area contributed by atoms with Crippen LogP contribution in [-0.2, 0) is 16.6 Å². The predicted octanol–water partition coefficient (Wildman–Crippen LogP) is 4.84. The summed E-state index contributed by atoms with van der Waals surface area (Å²) in [6.45, 7) is 2.54. The van der Waals surface area contributed by atoms with Crippen molar-refractivity contribution in [1.29, 1.82) is 0 Å². The third kappa shape index (κ3) is 5.64. The lowest BCUT2D eigenvalue weighted by molar-refractivity contribution is 0.0956. The summed E-state index contributed by atoms with van der Waals surface area (Å²) in [5, 5.41) is 3.48. The van der Waals surface area contributed by atoms with Crippen molar-refractivity contribution < 1.29 is 13.2 Å². The fourth-order valence-corrected chi connectivity index (χ4v) is 4.64. The van der Waals surface area contributed by atoms with Gasteiger partial charge in [-0.3, -0.25) is 9.10 Å². The molecule has 0 spiro atoms. The van der Waals surface area contributed by atoms with Gasteiger partial charge >= 0.3 is 0 Å². The number of benzene rings is 2. The molecule has 0 radical (unpaired) electrons. The molecule has 0 aliphatic heterocycles. The molecule has 5 nitrogen and oxygen atoms in total. The molecule has 7 heteroatoms. The SMILES string of the molecule is Cc1c(Cl)cccc1N(Cc1ccc(C(=O)NCC2=CCCCC2)cc1)S(C)(=O)=O. The van der Waals surface area contributed by atoms with Gasteiger partial charge in [-0.05, 0) is 68.0 Å². The first-order valence-electron chi connectivity index (χ1n) is 10.0. The zero-order chi connectivity index (χ0) is 21.7. The minimum absolute atomic E-state index is 0.126. The van der Waals surface area contributed by atoms with E-state index in [4.69, 9.17) is 11.6 Å². The lowest BCUT2D eigenvalue weighted by Crippen LogP contribution is -2.30. The number of rotatable bonds is 7. The van der Waals surface area contributed by atoms with Crippen molar-refractivity contribution in [3.8, 4) is 0 Å². The fraction of sp³-hybridized carbons (Fsp3) is 0.348. The van der Waals surface area contributed by atoms with Gasteiger partial charge in [0.15, 0.2) is 0 Å². The summed E-state index contributed by atoms with van der Waals surface area (Å²) < 4.78 is 26.2. The van der Waals surface area contributed by atoms with E-state index in [1.54, 1.807) is 49.4 Å². The summed E-state index contributed by atoms with van der Waals surface area (Å²) in [4.78, 5) is 12.4. The smallest absolute Gasteiger partial charge is 0.251 e. The standard InChI is InChI=1S/C23H27ClN2O3S/c1-17-21(24)9-6-10-22(17)26(30(2,28)29)16-19-11-13-20(14-12-19)23(27)25-15-18-7-4-3-5-8-18/h6-7,9-14H,3-5,8,15-16H2,1-2H3,(H,25,27). The Morgan fingerprint density at radius 1 is 1.13 bits per heavy atom. The molecule has 1 amide bonds. The van der Waals surface area contributed by atoms with Crippen molar-refractivity contribution >= 4 is 33.2 Å². The third-order valence-corrected chi connectivity index (χ3v) is 6.85. The first kappa shape index (κ1) is 22.4. The summed E-state index contributed by atoms with van der Waals surface area (Å²) >= 11 is 6.18. The molecule has 160 valence electrons. The number of halogens is 1. The van der Waals surface area contributed by atoms with E-state index in [0.29, 0.717) is 28.4 Å². The normalized spacial score (nSPS) is 14.2. The molecule has 0 atom stereocenters. The van der Waals surface area contributed by atoms with Gasteiger partial charge in [-0.25, -0.2) is 8.42 Å².